The van der Waals surface area contributed by atoms with E-state index in [-0.39, 0.29) is 13.2 Å². The van der Waals surface area contributed by atoms with Crippen LogP contribution in [0, 0.1) is 5.92 Å². The minimum Gasteiger partial charge on any atom is -0.481 e. The number of carboxylic acid groups (broad SMARTS) is 1. The van der Waals surface area contributed by atoms with E-state index < -0.39 is 18.0 Å². The summed E-state index contributed by atoms with van der Waals surface area (Å²) in [6.07, 6.45) is -0.287. The van der Waals surface area contributed by atoms with Crippen LogP contribution in [-0.4, -0.2) is 35.5 Å². The van der Waals surface area contributed by atoms with Crippen LogP contribution in [0.3, 0.4) is 0 Å². The van der Waals surface area contributed by atoms with E-state index in [9.17, 15) is 4.79 Å². The Morgan fingerprint density at radius 2 is 2.20 bits per heavy atom. The van der Waals surface area contributed by atoms with Crippen LogP contribution >= 0.6 is 0 Å². The molecule has 0 aromatic carbocycles. The molecule has 58 valence electrons. The van der Waals surface area contributed by atoms with Gasteiger partial charge in [0.25, 0.3) is 0 Å². The van der Waals surface area contributed by atoms with E-state index in [1.807, 2.05) is 0 Å². The van der Waals surface area contributed by atoms with E-state index >= 15 is 0 Å². The third kappa shape index (κ3) is 1.68. The molecule has 1 saturated heterocycles. The van der Waals surface area contributed by atoms with Crippen LogP contribution in [0.15, 0.2) is 0 Å². The first-order chi connectivity index (χ1) is 4.70. The van der Waals surface area contributed by atoms with Crippen molar-refractivity contribution in [2.45, 2.75) is 12.5 Å². The summed E-state index contributed by atoms with van der Waals surface area (Å²) in [5, 5.41) is 17.4. The van der Waals surface area contributed by atoms with Crippen molar-refractivity contribution in [3.8, 4) is 0 Å². The highest BCUT2D eigenvalue weighted by Crippen LogP contribution is 2.13. The quantitative estimate of drug-likeness (QED) is 0.521. The molecule has 0 aromatic heterocycles. The molecule has 1 heterocycles. The minimum atomic E-state index is -0.890. The van der Waals surface area contributed by atoms with Crippen molar-refractivity contribution >= 4 is 5.97 Å². The molecular weight excluding hydrogens is 136 g/mol. The van der Waals surface area contributed by atoms with Crippen LogP contribution in [0.2, 0.25) is 0 Å². The Morgan fingerprint density at radius 1 is 1.50 bits per heavy atom. The van der Waals surface area contributed by atoms with Crippen LogP contribution in [-0.2, 0) is 9.53 Å². The maximum absolute atomic E-state index is 10.3. The highest BCUT2D eigenvalue weighted by molar-refractivity contribution is 5.70. The van der Waals surface area contributed by atoms with Crippen molar-refractivity contribution in [3.63, 3.8) is 0 Å². The van der Waals surface area contributed by atoms with Crippen LogP contribution in [0.4, 0.5) is 0 Å². The molecular formula is C6H10O4. The number of aliphatic hydroxyl groups is 1. The van der Waals surface area contributed by atoms with Gasteiger partial charge in [-0.2, -0.15) is 0 Å². The fraction of sp³-hybridized carbons (Fsp3) is 0.833. The molecule has 0 amide bonds. The largest absolute Gasteiger partial charge is 0.481 e. The molecule has 0 aliphatic carbocycles. The summed E-state index contributed by atoms with van der Waals surface area (Å²) in [6, 6.07) is 0. The summed E-state index contributed by atoms with van der Waals surface area (Å²) in [7, 11) is 0. The normalized spacial score (nSPS) is 33.7. The Hall–Kier alpha value is -0.610. The number of ether oxygens (including phenoxy) is 1. The summed E-state index contributed by atoms with van der Waals surface area (Å²) in [5.74, 6) is -1.41. The van der Waals surface area contributed by atoms with Gasteiger partial charge in [-0.25, -0.2) is 0 Å². The monoisotopic (exact) mass is 146 g/mol. The molecule has 2 N–H and O–H groups in total. The van der Waals surface area contributed by atoms with E-state index in [1.165, 1.54) is 0 Å². The van der Waals surface area contributed by atoms with Crippen LogP contribution in [0.1, 0.15) is 6.42 Å². The zero-order valence-corrected chi connectivity index (χ0v) is 5.49. The Bertz CT molecular complexity index is 134. The lowest BCUT2D eigenvalue weighted by atomic mass is 10.0. The summed E-state index contributed by atoms with van der Waals surface area (Å²) < 4.78 is 4.82. The first-order valence-corrected chi connectivity index (χ1v) is 3.18. The molecule has 1 rings (SSSR count). The lowest BCUT2D eigenvalue weighted by Gasteiger charge is -2.22. The lowest BCUT2D eigenvalue weighted by Crippen LogP contribution is -2.33. The van der Waals surface area contributed by atoms with Gasteiger partial charge in [0.1, 0.15) is 0 Å². The third-order valence-electron chi connectivity index (χ3n) is 1.54. The molecule has 1 aliphatic rings. The van der Waals surface area contributed by atoms with Crippen molar-refractivity contribution in [1.82, 2.24) is 0 Å². The highest BCUT2D eigenvalue weighted by Gasteiger charge is 2.25. The number of aliphatic hydroxyl groups excluding tert-OH is 1. The fourth-order valence-electron chi connectivity index (χ4n) is 0.983. The SMILES string of the molecule is O=C(O)[C@@H]1COC[C@@H](O)C1. The van der Waals surface area contributed by atoms with E-state index in [0.717, 1.165) is 0 Å². The maximum atomic E-state index is 10.3. The molecule has 0 aromatic rings. The topological polar surface area (TPSA) is 66.8 Å². The summed E-state index contributed by atoms with van der Waals surface area (Å²) in [5.41, 5.74) is 0. The highest BCUT2D eigenvalue weighted by atomic mass is 16.5. The Kier molecular flexibility index (Phi) is 2.24. The second kappa shape index (κ2) is 2.98. The summed E-state index contributed by atoms with van der Waals surface area (Å²) >= 11 is 0. The van der Waals surface area contributed by atoms with Crippen molar-refractivity contribution in [1.29, 1.82) is 0 Å². The predicted octanol–water partition coefficient (Wildman–Crippen LogP) is -0.532. The van der Waals surface area contributed by atoms with Gasteiger partial charge in [-0.3, -0.25) is 4.79 Å². The average Bonchev–Trinajstić information content (AvgIpc) is 1.88. The van der Waals surface area contributed by atoms with Gasteiger partial charge in [0.15, 0.2) is 0 Å². The zero-order valence-electron chi connectivity index (χ0n) is 5.49. The van der Waals surface area contributed by atoms with E-state index in [4.69, 9.17) is 14.9 Å². The molecule has 1 fully saturated rings. The molecule has 2 atom stereocenters. The molecule has 0 spiro atoms. The molecule has 0 radical (unpaired) electrons. The van der Waals surface area contributed by atoms with Gasteiger partial charge >= 0.3 is 5.97 Å². The maximum Gasteiger partial charge on any atom is 0.308 e. The summed E-state index contributed by atoms with van der Waals surface area (Å²) in [4.78, 5) is 10.3. The van der Waals surface area contributed by atoms with Gasteiger partial charge in [-0.05, 0) is 6.42 Å². The number of hydrogen-bond donors (Lipinski definition) is 2. The van der Waals surface area contributed by atoms with Crippen molar-refractivity contribution in [2.24, 2.45) is 5.92 Å². The number of rotatable bonds is 1. The average molecular weight is 146 g/mol. The first-order valence-electron chi connectivity index (χ1n) is 3.18. The van der Waals surface area contributed by atoms with Gasteiger partial charge in [0.05, 0.1) is 25.2 Å². The van der Waals surface area contributed by atoms with Gasteiger partial charge < -0.3 is 14.9 Å². The van der Waals surface area contributed by atoms with Crippen LogP contribution in [0.25, 0.3) is 0 Å². The van der Waals surface area contributed by atoms with Gasteiger partial charge in [-0.1, -0.05) is 0 Å². The molecule has 0 saturated carbocycles. The Morgan fingerprint density at radius 3 is 2.60 bits per heavy atom. The standard InChI is InChI=1S/C6H10O4/c7-5-1-4(6(8)9)2-10-3-5/h4-5,7H,1-3H2,(H,8,9)/t4-,5-/m0/s1. The van der Waals surface area contributed by atoms with Gasteiger partial charge in [0.2, 0.25) is 0 Å². The van der Waals surface area contributed by atoms with Gasteiger partial charge in [-0.15, -0.1) is 0 Å². The third-order valence-corrected chi connectivity index (χ3v) is 1.54. The lowest BCUT2D eigenvalue weighted by molar-refractivity contribution is -0.149. The number of carboxylic acids is 1. The molecule has 1 aliphatic heterocycles. The minimum absolute atomic E-state index is 0.229. The Labute approximate surface area is 58.4 Å². The first kappa shape index (κ1) is 7.50. The molecule has 0 unspecified atom stereocenters. The van der Waals surface area contributed by atoms with Crippen LogP contribution in [0.5, 0.6) is 0 Å². The molecule has 4 nitrogen and oxygen atoms in total. The molecule has 4 heteroatoms. The fourth-order valence-corrected chi connectivity index (χ4v) is 0.983. The zero-order chi connectivity index (χ0) is 7.56. The van der Waals surface area contributed by atoms with Crippen molar-refractivity contribution in [2.75, 3.05) is 13.2 Å². The van der Waals surface area contributed by atoms with Crippen molar-refractivity contribution in [3.05, 3.63) is 0 Å². The summed E-state index contributed by atoms with van der Waals surface area (Å²) in [6.45, 7) is 0.496. The molecule has 0 bridgehead atoms. The van der Waals surface area contributed by atoms with E-state index in [2.05, 4.69) is 0 Å². The Balaban J connectivity index is 2.39. The number of aliphatic carboxylic acids is 1. The smallest absolute Gasteiger partial charge is 0.308 e. The van der Waals surface area contributed by atoms with Gasteiger partial charge in [0, 0.05) is 0 Å². The number of carbonyl (C=O) groups is 1. The van der Waals surface area contributed by atoms with E-state index in [1.54, 1.807) is 0 Å². The second-order valence-electron chi connectivity index (χ2n) is 2.46. The van der Waals surface area contributed by atoms with Crippen molar-refractivity contribution < 1.29 is 19.7 Å². The predicted molar refractivity (Wildman–Crippen MR) is 32.6 cm³/mol. The second-order valence-corrected chi connectivity index (χ2v) is 2.46. The van der Waals surface area contributed by atoms with E-state index in [0.29, 0.717) is 6.42 Å². The number of hydrogen-bond acceptors (Lipinski definition) is 3. The van der Waals surface area contributed by atoms with Crippen LogP contribution < -0.4 is 0 Å². The molecule has 10 heavy (non-hydrogen) atoms.